The maximum absolute atomic E-state index is 12.6. The number of benzene rings is 1. The summed E-state index contributed by atoms with van der Waals surface area (Å²) >= 11 is 1.64. The van der Waals surface area contributed by atoms with Gasteiger partial charge in [0.25, 0.3) is 5.91 Å². The number of fused-ring (bicyclic) bond motifs is 2. The van der Waals surface area contributed by atoms with E-state index in [1.54, 1.807) is 11.3 Å². The molecule has 0 bridgehead atoms. The molecule has 1 aromatic heterocycles. The van der Waals surface area contributed by atoms with Crippen molar-refractivity contribution < 1.29 is 9.59 Å². The largest absolute Gasteiger partial charge is 0.326 e. The monoisotopic (exact) mass is 340 g/mol. The quantitative estimate of drug-likeness (QED) is 0.807. The Labute approximate surface area is 145 Å². The zero-order valence-electron chi connectivity index (χ0n) is 13.5. The van der Waals surface area contributed by atoms with Gasteiger partial charge in [0.05, 0.1) is 4.88 Å². The Morgan fingerprint density at radius 3 is 2.79 bits per heavy atom. The van der Waals surface area contributed by atoms with Gasteiger partial charge in [0.15, 0.2) is 0 Å². The van der Waals surface area contributed by atoms with E-state index in [1.165, 1.54) is 29.7 Å². The van der Waals surface area contributed by atoms with Crippen molar-refractivity contribution in [3.8, 4) is 0 Å². The van der Waals surface area contributed by atoms with E-state index in [-0.39, 0.29) is 11.8 Å². The zero-order valence-corrected chi connectivity index (χ0v) is 14.3. The van der Waals surface area contributed by atoms with E-state index in [4.69, 9.17) is 0 Å². The first kappa shape index (κ1) is 15.4. The minimum Gasteiger partial charge on any atom is -0.326 e. The van der Waals surface area contributed by atoms with Crippen molar-refractivity contribution in [2.45, 2.75) is 44.9 Å². The molecule has 0 radical (unpaired) electrons. The number of hydrogen-bond donors (Lipinski definition) is 2. The number of hydrogen-bond acceptors (Lipinski definition) is 3. The van der Waals surface area contributed by atoms with Gasteiger partial charge in [0.1, 0.15) is 0 Å². The minimum atomic E-state index is -0.0344. The number of amides is 2. The van der Waals surface area contributed by atoms with Crippen LogP contribution in [0.4, 0.5) is 11.4 Å². The van der Waals surface area contributed by atoms with E-state index in [1.807, 2.05) is 18.2 Å². The average molecular weight is 340 g/mol. The normalized spacial score (nSPS) is 16.6. The molecule has 0 spiro atoms. The van der Waals surface area contributed by atoms with Gasteiger partial charge in [-0.1, -0.05) is 6.42 Å². The third-order valence-electron chi connectivity index (χ3n) is 4.73. The van der Waals surface area contributed by atoms with Crippen LogP contribution in [0, 0.1) is 0 Å². The second-order valence-electron chi connectivity index (χ2n) is 6.49. The molecule has 124 valence electrons. The summed E-state index contributed by atoms with van der Waals surface area (Å²) in [6, 6.07) is 7.75. The standard InChI is InChI=1S/C19H20N2O2S/c22-18-9-6-12-10-14(7-8-15(12)21-18)20-19(23)17-11-13-4-2-1-3-5-16(13)24-17/h7-8,10-11H,1-6,9H2,(H,20,23)(H,21,22). The van der Waals surface area contributed by atoms with E-state index in [2.05, 4.69) is 16.7 Å². The number of nitrogens with one attached hydrogen (secondary N) is 2. The Morgan fingerprint density at radius 2 is 1.88 bits per heavy atom. The van der Waals surface area contributed by atoms with Crippen LogP contribution in [-0.2, 0) is 24.1 Å². The van der Waals surface area contributed by atoms with Crippen LogP contribution in [-0.4, -0.2) is 11.8 Å². The molecule has 0 unspecified atom stereocenters. The predicted octanol–water partition coefficient (Wildman–Crippen LogP) is 4.15. The highest BCUT2D eigenvalue weighted by molar-refractivity contribution is 7.14. The minimum absolute atomic E-state index is 0.0344. The molecule has 2 amide bonds. The fraction of sp³-hybridized carbons (Fsp3) is 0.368. The number of rotatable bonds is 2. The third-order valence-corrected chi connectivity index (χ3v) is 5.96. The molecule has 0 atom stereocenters. The van der Waals surface area contributed by atoms with E-state index < -0.39 is 0 Å². The summed E-state index contributed by atoms with van der Waals surface area (Å²) < 4.78 is 0. The van der Waals surface area contributed by atoms with Gasteiger partial charge in [-0.3, -0.25) is 9.59 Å². The van der Waals surface area contributed by atoms with Gasteiger partial charge in [-0.2, -0.15) is 0 Å². The van der Waals surface area contributed by atoms with Crippen LogP contribution in [0.15, 0.2) is 24.3 Å². The number of thiophene rings is 1. The molecule has 24 heavy (non-hydrogen) atoms. The highest BCUT2D eigenvalue weighted by Crippen LogP contribution is 2.30. The molecule has 2 aromatic rings. The van der Waals surface area contributed by atoms with Gasteiger partial charge in [-0.05, 0) is 67.5 Å². The second-order valence-corrected chi connectivity index (χ2v) is 7.63. The molecular formula is C19H20N2O2S. The molecular weight excluding hydrogens is 320 g/mol. The molecule has 5 heteroatoms. The number of carbonyl (C=O) groups excluding carboxylic acids is 2. The summed E-state index contributed by atoms with van der Waals surface area (Å²) in [6.07, 6.45) is 7.16. The van der Waals surface area contributed by atoms with Crippen LogP contribution in [0.3, 0.4) is 0 Å². The van der Waals surface area contributed by atoms with Gasteiger partial charge in [-0.15, -0.1) is 11.3 Å². The Bertz CT molecular complexity index is 786. The van der Waals surface area contributed by atoms with Gasteiger partial charge in [-0.25, -0.2) is 0 Å². The van der Waals surface area contributed by atoms with Crippen LogP contribution >= 0.6 is 11.3 Å². The number of anilines is 2. The molecule has 0 fully saturated rings. The highest BCUT2D eigenvalue weighted by Gasteiger charge is 2.18. The average Bonchev–Trinajstić information content (AvgIpc) is 2.86. The van der Waals surface area contributed by atoms with Crippen molar-refractivity contribution in [2.24, 2.45) is 0 Å². The second kappa shape index (κ2) is 6.40. The first-order valence-corrected chi connectivity index (χ1v) is 9.36. The van der Waals surface area contributed by atoms with E-state index in [0.717, 1.165) is 41.1 Å². The van der Waals surface area contributed by atoms with Crippen LogP contribution in [0.2, 0.25) is 0 Å². The summed E-state index contributed by atoms with van der Waals surface area (Å²) in [5.74, 6) is 0.0206. The zero-order chi connectivity index (χ0) is 16.5. The summed E-state index contributed by atoms with van der Waals surface area (Å²) in [6.45, 7) is 0. The van der Waals surface area contributed by atoms with E-state index in [0.29, 0.717) is 6.42 Å². The van der Waals surface area contributed by atoms with Crippen molar-refractivity contribution in [2.75, 3.05) is 10.6 Å². The molecule has 4 rings (SSSR count). The van der Waals surface area contributed by atoms with Crippen LogP contribution < -0.4 is 10.6 Å². The first-order valence-electron chi connectivity index (χ1n) is 8.55. The maximum Gasteiger partial charge on any atom is 0.265 e. The summed E-state index contributed by atoms with van der Waals surface area (Å²) in [4.78, 5) is 26.2. The number of aryl methyl sites for hydroxylation is 3. The highest BCUT2D eigenvalue weighted by atomic mass is 32.1. The molecule has 1 aliphatic carbocycles. The van der Waals surface area contributed by atoms with Crippen LogP contribution in [0.1, 0.15) is 51.4 Å². The van der Waals surface area contributed by atoms with Gasteiger partial charge in [0.2, 0.25) is 5.91 Å². The Kier molecular flexibility index (Phi) is 4.10. The van der Waals surface area contributed by atoms with Crippen molar-refractivity contribution >= 4 is 34.5 Å². The molecule has 0 saturated heterocycles. The fourth-order valence-electron chi connectivity index (χ4n) is 3.43. The van der Waals surface area contributed by atoms with Crippen LogP contribution in [0.25, 0.3) is 0 Å². The summed E-state index contributed by atoms with van der Waals surface area (Å²) in [5, 5.41) is 5.86. The molecule has 1 aromatic carbocycles. The van der Waals surface area contributed by atoms with Crippen molar-refractivity contribution in [1.29, 1.82) is 0 Å². The predicted molar refractivity (Wildman–Crippen MR) is 96.9 cm³/mol. The van der Waals surface area contributed by atoms with Gasteiger partial charge < -0.3 is 10.6 Å². The first-order chi connectivity index (χ1) is 11.7. The van der Waals surface area contributed by atoms with E-state index >= 15 is 0 Å². The lowest BCUT2D eigenvalue weighted by molar-refractivity contribution is -0.116. The molecule has 0 saturated carbocycles. The van der Waals surface area contributed by atoms with Crippen molar-refractivity contribution in [3.05, 3.63) is 45.1 Å². The lowest BCUT2D eigenvalue weighted by Crippen LogP contribution is -2.19. The van der Waals surface area contributed by atoms with Crippen molar-refractivity contribution in [3.63, 3.8) is 0 Å². The topological polar surface area (TPSA) is 58.2 Å². The number of carbonyl (C=O) groups is 2. The lowest BCUT2D eigenvalue weighted by Gasteiger charge is -2.17. The fourth-order valence-corrected chi connectivity index (χ4v) is 4.58. The SMILES string of the molecule is O=C1CCc2cc(NC(=O)c3cc4c(s3)CCCCC4)ccc2N1. The van der Waals surface area contributed by atoms with Crippen molar-refractivity contribution in [1.82, 2.24) is 0 Å². The summed E-state index contributed by atoms with van der Waals surface area (Å²) in [5.41, 5.74) is 4.08. The molecule has 2 heterocycles. The molecule has 4 nitrogen and oxygen atoms in total. The molecule has 1 aliphatic heterocycles. The molecule has 2 aliphatic rings. The lowest BCUT2D eigenvalue weighted by atomic mass is 10.0. The Morgan fingerprint density at radius 1 is 1.00 bits per heavy atom. The third kappa shape index (κ3) is 3.08. The summed E-state index contributed by atoms with van der Waals surface area (Å²) in [7, 11) is 0. The van der Waals surface area contributed by atoms with Gasteiger partial charge in [0, 0.05) is 22.7 Å². The van der Waals surface area contributed by atoms with E-state index in [9.17, 15) is 9.59 Å². The maximum atomic E-state index is 12.6. The van der Waals surface area contributed by atoms with Gasteiger partial charge >= 0.3 is 0 Å². The van der Waals surface area contributed by atoms with Crippen LogP contribution in [0.5, 0.6) is 0 Å². The molecule has 2 N–H and O–H groups in total. The Hall–Kier alpha value is -2.14. The Balaban J connectivity index is 1.51. The smallest absolute Gasteiger partial charge is 0.265 e.